The molecule has 1 aliphatic rings. The molecule has 0 atom stereocenters. The first-order valence-electron chi connectivity index (χ1n) is 6.97. The molecular formula is C15H22ClNO3S. The van der Waals surface area contributed by atoms with E-state index in [1.165, 1.54) is 0 Å². The summed E-state index contributed by atoms with van der Waals surface area (Å²) in [6.07, 6.45) is 0. The Labute approximate surface area is 132 Å². The minimum absolute atomic E-state index is 0.302. The van der Waals surface area contributed by atoms with Gasteiger partial charge in [-0.15, -0.1) is 11.6 Å². The molecule has 4 nitrogen and oxygen atoms in total. The van der Waals surface area contributed by atoms with E-state index in [9.17, 15) is 8.42 Å². The topological polar surface area (TPSA) is 46.6 Å². The number of alkyl halides is 1. The summed E-state index contributed by atoms with van der Waals surface area (Å²) in [4.78, 5) is 0.355. The summed E-state index contributed by atoms with van der Waals surface area (Å²) in [5, 5.41) is 0. The van der Waals surface area contributed by atoms with Gasteiger partial charge in [-0.2, -0.15) is 4.31 Å². The quantitative estimate of drug-likeness (QED) is 0.800. The van der Waals surface area contributed by atoms with Crippen LogP contribution in [0.1, 0.15) is 30.5 Å². The number of ether oxygens (including phenoxy) is 1. The second kappa shape index (κ2) is 5.88. The Balaban J connectivity index is 2.56. The Morgan fingerprint density at radius 3 is 2.57 bits per heavy atom. The summed E-state index contributed by atoms with van der Waals surface area (Å²) >= 11 is 5.89. The van der Waals surface area contributed by atoms with Gasteiger partial charge in [-0.05, 0) is 50.5 Å². The molecule has 1 aromatic carbocycles. The van der Waals surface area contributed by atoms with E-state index in [1.54, 1.807) is 10.4 Å². The zero-order chi connectivity index (χ0) is 15.8. The molecule has 1 fully saturated rings. The lowest BCUT2D eigenvalue weighted by Gasteiger charge is -2.41. The van der Waals surface area contributed by atoms with Gasteiger partial charge in [-0.1, -0.05) is 6.07 Å². The van der Waals surface area contributed by atoms with Gasteiger partial charge in [0.1, 0.15) is 0 Å². The van der Waals surface area contributed by atoms with Gasteiger partial charge in [0.2, 0.25) is 10.0 Å². The van der Waals surface area contributed by atoms with Crippen LogP contribution in [0.5, 0.6) is 0 Å². The van der Waals surface area contributed by atoms with Crippen LogP contribution < -0.4 is 0 Å². The highest BCUT2D eigenvalue weighted by molar-refractivity contribution is 7.89. The Morgan fingerprint density at radius 1 is 1.33 bits per heavy atom. The fourth-order valence-electron chi connectivity index (χ4n) is 2.65. The summed E-state index contributed by atoms with van der Waals surface area (Å²) in [7, 11) is -3.56. The molecule has 0 amide bonds. The maximum Gasteiger partial charge on any atom is 0.244 e. The molecule has 0 spiro atoms. The van der Waals surface area contributed by atoms with Crippen LogP contribution in [0.3, 0.4) is 0 Å². The average Bonchev–Trinajstić information content (AvgIpc) is 2.40. The van der Waals surface area contributed by atoms with Crippen molar-refractivity contribution in [2.24, 2.45) is 0 Å². The number of hydrogen-bond acceptors (Lipinski definition) is 3. The molecule has 6 heteroatoms. The molecule has 1 aliphatic heterocycles. The van der Waals surface area contributed by atoms with Gasteiger partial charge in [0, 0.05) is 12.4 Å². The Kier molecular flexibility index (Phi) is 4.69. The molecule has 118 valence electrons. The van der Waals surface area contributed by atoms with Crippen LogP contribution in [-0.2, 0) is 20.6 Å². The van der Waals surface area contributed by atoms with E-state index in [2.05, 4.69) is 0 Å². The van der Waals surface area contributed by atoms with E-state index in [-0.39, 0.29) is 0 Å². The Bertz CT molecular complexity index is 641. The fraction of sp³-hybridized carbons (Fsp3) is 0.600. The molecule has 0 aromatic heterocycles. The molecular weight excluding hydrogens is 310 g/mol. The fourth-order valence-corrected chi connectivity index (χ4v) is 4.91. The molecule has 0 aliphatic carbocycles. The second-order valence-corrected chi connectivity index (χ2v) is 8.21. The maximum absolute atomic E-state index is 13.1. The van der Waals surface area contributed by atoms with Crippen LogP contribution in [-0.4, -0.2) is 38.0 Å². The first-order chi connectivity index (χ1) is 9.70. The zero-order valence-electron chi connectivity index (χ0n) is 12.9. The summed E-state index contributed by atoms with van der Waals surface area (Å²) < 4.78 is 33.1. The van der Waals surface area contributed by atoms with E-state index in [4.69, 9.17) is 16.3 Å². The summed E-state index contributed by atoms with van der Waals surface area (Å²) in [6.45, 7) is 8.73. The zero-order valence-corrected chi connectivity index (χ0v) is 14.5. The van der Waals surface area contributed by atoms with Crippen LogP contribution in [0.4, 0.5) is 0 Å². The van der Waals surface area contributed by atoms with E-state index in [1.807, 2.05) is 33.8 Å². The summed E-state index contributed by atoms with van der Waals surface area (Å²) in [6, 6.07) is 3.63. The highest BCUT2D eigenvalue weighted by atomic mass is 35.5. The van der Waals surface area contributed by atoms with E-state index >= 15 is 0 Å². The van der Waals surface area contributed by atoms with Crippen molar-refractivity contribution < 1.29 is 13.2 Å². The van der Waals surface area contributed by atoms with Crippen molar-refractivity contribution in [3.05, 3.63) is 28.8 Å². The Hall–Kier alpha value is -0.620. The molecule has 21 heavy (non-hydrogen) atoms. The summed E-state index contributed by atoms with van der Waals surface area (Å²) in [5.74, 6) is 0.302. The van der Waals surface area contributed by atoms with Crippen LogP contribution in [0.2, 0.25) is 0 Å². The summed E-state index contributed by atoms with van der Waals surface area (Å²) in [5.41, 5.74) is 2.00. The van der Waals surface area contributed by atoms with Gasteiger partial charge in [-0.3, -0.25) is 0 Å². The number of nitrogens with zero attached hydrogens (tertiary/aromatic N) is 1. The van der Waals surface area contributed by atoms with Crippen molar-refractivity contribution in [2.75, 3.05) is 19.8 Å². The number of halogens is 1. The molecule has 0 radical (unpaired) electrons. The smallest absolute Gasteiger partial charge is 0.244 e. The van der Waals surface area contributed by atoms with Gasteiger partial charge in [0.05, 0.1) is 23.6 Å². The standard InChI is InChI=1S/C15H22ClNO3S/c1-11-7-13(9-16)8-14(12(11)2)21(18,19)17-5-6-20-10-15(17,3)4/h7-8H,5-6,9-10H2,1-4H3. The first kappa shape index (κ1) is 16.7. The van der Waals surface area contributed by atoms with Crippen molar-refractivity contribution in [1.82, 2.24) is 4.31 Å². The molecule has 2 rings (SSSR count). The number of benzene rings is 1. The Morgan fingerprint density at radius 2 is 2.00 bits per heavy atom. The molecule has 1 aromatic rings. The molecule has 1 heterocycles. The predicted molar refractivity (Wildman–Crippen MR) is 84.3 cm³/mol. The SMILES string of the molecule is Cc1cc(CCl)cc(S(=O)(=O)N2CCOCC2(C)C)c1C. The van der Waals surface area contributed by atoms with Crippen LogP contribution >= 0.6 is 11.6 Å². The predicted octanol–water partition coefficient (Wildman–Crippen LogP) is 2.84. The van der Waals surface area contributed by atoms with E-state index in [0.29, 0.717) is 30.5 Å². The molecule has 0 unspecified atom stereocenters. The van der Waals surface area contributed by atoms with Crippen molar-refractivity contribution >= 4 is 21.6 Å². The lowest BCUT2D eigenvalue weighted by Crippen LogP contribution is -2.55. The van der Waals surface area contributed by atoms with Gasteiger partial charge in [-0.25, -0.2) is 8.42 Å². The lowest BCUT2D eigenvalue weighted by molar-refractivity contribution is -0.00772. The van der Waals surface area contributed by atoms with E-state index in [0.717, 1.165) is 16.7 Å². The third kappa shape index (κ3) is 3.11. The van der Waals surface area contributed by atoms with Gasteiger partial charge in [0.25, 0.3) is 0 Å². The van der Waals surface area contributed by atoms with Crippen molar-refractivity contribution in [2.45, 2.75) is 44.0 Å². The van der Waals surface area contributed by atoms with Gasteiger partial charge < -0.3 is 4.74 Å². The minimum atomic E-state index is -3.56. The number of hydrogen-bond donors (Lipinski definition) is 0. The highest BCUT2D eigenvalue weighted by Gasteiger charge is 2.40. The van der Waals surface area contributed by atoms with Crippen LogP contribution in [0.25, 0.3) is 0 Å². The first-order valence-corrected chi connectivity index (χ1v) is 8.94. The van der Waals surface area contributed by atoms with Crippen molar-refractivity contribution in [3.8, 4) is 0 Å². The number of morpholine rings is 1. The average molecular weight is 332 g/mol. The normalized spacial score (nSPS) is 19.7. The monoisotopic (exact) mass is 331 g/mol. The third-order valence-corrected chi connectivity index (χ3v) is 6.52. The molecule has 1 saturated heterocycles. The molecule has 0 bridgehead atoms. The van der Waals surface area contributed by atoms with Gasteiger partial charge >= 0.3 is 0 Å². The number of aryl methyl sites for hydroxylation is 1. The van der Waals surface area contributed by atoms with Crippen LogP contribution in [0, 0.1) is 13.8 Å². The minimum Gasteiger partial charge on any atom is -0.378 e. The molecule has 0 saturated carbocycles. The van der Waals surface area contributed by atoms with Crippen molar-refractivity contribution in [3.63, 3.8) is 0 Å². The highest BCUT2D eigenvalue weighted by Crippen LogP contribution is 2.31. The second-order valence-electron chi connectivity index (χ2n) is 6.11. The number of sulfonamides is 1. The van der Waals surface area contributed by atoms with Crippen molar-refractivity contribution in [1.29, 1.82) is 0 Å². The number of rotatable bonds is 3. The largest absolute Gasteiger partial charge is 0.378 e. The van der Waals surface area contributed by atoms with Crippen LogP contribution in [0.15, 0.2) is 17.0 Å². The third-order valence-electron chi connectivity index (χ3n) is 3.97. The van der Waals surface area contributed by atoms with E-state index < -0.39 is 15.6 Å². The van der Waals surface area contributed by atoms with Gasteiger partial charge in [0.15, 0.2) is 0 Å². The maximum atomic E-state index is 13.1. The molecule has 0 N–H and O–H groups in total. The lowest BCUT2D eigenvalue weighted by atomic mass is 10.1.